The average molecular weight is 388 g/mol. The second-order valence-corrected chi connectivity index (χ2v) is 6.65. The third-order valence-electron chi connectivity index (χ3n) is 4.73. The molecule has 0 spiro atoms. The third kappa shape index (κ3) is 4.40. The number of benzene rings is 2. The Bertz CT molecular complexity index is 812. The predicted molar refractivity (Wildman–Crippen MR) is 106 cm³/mol. The topological polar surface area (TPSA) is 79.5 Å². The van der Waals surface area contributed by atoms with Gasteiger partial charge in [-0.05, 0) is 42.8 Å². The zero-order valence-electron chi connectivity index (χ0n) is 14.7. The summed E-state index contributed by atoms with van der Waals surface area (Å²) in [6.45, 7) is 1.71. The minimum atomic E-state index is -0.547. The fourth-order valence-corrected chi connectivity index (χ4v) is 3.34. The molecule has 0 aromatic heterocycles. The van der Waals surface area contributed by atoms with Gasteiger partial charge in [0.15, 0.2) is 6.10 Å². The first-order valence-corrected chi connectivity index (χ1v) is 8.86. The maximum atomic E-state index is 12.5. The lowest BCUT2D eigenvalue weighted by atomic mass is 10.1. The van der Waals surface area contributed by atoms with Crippen molar-refractivity contribution in [2.75, 3.05) is 18.4 Å². The van der Waals surface area contributed by atoms with Crippen molar-refractivity contribution in [1.29, 1.82) is 0 Å². The van der Waals surface area contributed by atoms with Gasteiger partial charge >= 0.3 is 0 Å². The van der Waals surface area contributed by atoms with Crippen molar-refractivity contribution in [3.05, 3.63) is 59.7 Å². The van der Waals surface area contributed by atoms with E-state index in [1.807, 2.05) is 24.3 Å². The number of halogens is 1. The van der Waals surface area contributed by atoms with Crippen LogP contribution in [0.2, 0.25) is 0 Å². The molecule has 2 aliphatic heterocycles. The molecule has 0 radical (unpaired) electrons. The van der Waals surface area contributed by atoms with Crippen LogP contribution in [0.15, 0.2) is 48.5 Å². The highest BCUT2D eigenvalue weighted by Gasteiger charge is 2.28. The lowest BCUT2D eigenvalue weighted by Crippen LogP contribution is -2.36. The van der Waals surface area contributed by atoms with Crippen molar-refractivity contribution in [3.63, 3.8) is 0 Å². The van der Waals surface area contributed by atoms with E-state index >= 15 is 0 Å². The molecular weight excluding hydrogens is 366 g/mol. The number of carbonyl (C=O) groups is 2. The first kappa shape index (κ1) is 19.2. The minimum absolute atomic E-state index is 0. The van der Waals surface area contributed by atoms with E-state index in [0.29, 0.717) is 17.7 Å². The molecule has 7 heteroatoms. The van der Waals surface area contributed by atoms with Crippen LogP contribution in [0.4, 0.5) is 5.69 Å². The number of anilines is 1. The summed E-state index contributed by atoms with van der Waals surface area (Å²) < 4.78 is 5.71. The Morgan fingerprint density at radius 3 is 2.74 bits per heavy atom. The molecule has 4 rings (SSSR count). The van der Waals surface area contributed by atoms with Crippen molar-refractivity contribution in [1.82, 2.24) is 10.6 Å². The van der Waals surface area contributed by atoms with Crippen LogP contribution in [0.25, 0.3) is 0 Å². The Kier molecular flexibility index (Phi) is 5.98. The molecule has 142 valence electrons. The summed E-state index contributed by atoms with van der Waals surface area (Å²) in [6.07, 6.45) is 0.938. The molecule has 2 aromatic rings. The van der Waals surface area contributed by atoms with E-state index < -0.39 is 6.10 Å². The summed E-state index contributed by atoms with van der Waals surface area (Å²) in [7, 11) is 0. The molecule has 1 fully saturated rings. The van der Waals surface area contributed by atoms with Crippen molar-refractivity contribution >= 4 is 29.9 Å². The lowest BCUT2D eigenvalue weighted by molar-refractivity contribution is -0.122. The monoisotopic (exact) mass is 387 g/mol. The average Bonchev–Trinajstić information content (AvgIpc) is 3.31. The number of hydrogen-bond acceptors (Lipinski definition) is 4. The second kappa shape index (κ2) is 8.41. The van der Waals surface area contributed by atoms with E-state index in [1.165, 1.54) is 0 Å². The molecule has 27 heavy (non-hydrogen) atoms. The molecule has 2 aliphatic rings. The van der Waals surface area contributed by atoms with Crippen molar-refractivity contribution in [2.24, 2.45) is 0 Å². The van der Waals surface area contributed by atoms with Crippen molar-refractivity contribution in [3.8, 4) is 5.75 Å². The van der Waals surface area contributed by atoms with E-state index in [9.17, 15) is 9.59 Å². The van der Waals surface area contributed by atoms with E-state index in [-0.39, 0.29) is 30.3 Å². The maximum absolute atomic E-state index is 12.5. The Hall–Kier alpha value is -2.57. The van der Waals surface area contributed by atoms with E-state index in [1.54, 1.807) is 24.3 Å². The van der Waals surface area contributed by atoms with Gasteiger partial charge in [-0.2, -0.15) is 0 Å². The summed E-state index contributed by atoms with van der Waals surface area (Å²) >= 11 is 0. The Balaban J connectivity index is 0.00000210. The van der Waals surface area contributed by atoms with Crippen molar-refractivity contribution < 1.29 is 14.3 Å². The summed E-state index contributed by atoms with van der Waals surface area (Å²) in [6, 6.07) is 14.8. The van der Waals surface area contributed by atoms with Crippen LogP contribution < -0.4 is 20.7 Å². The molecule has 2 heterocycles. The van der Waals surface area contributed by atoms with Crippen LogP contribution in [-0.4, -0.2) is 37.0 Å². The Labute approximate surface area is 164 Å². The number of para-hydroxylation sites is 1. The number of amides is 2. The van der Waals surface area contributed by atoms with E-state index in [4.69, 9.17) is 4.74 Å². The predicted octanol–water partition coefficient (Wildman–Crippen LogP) is 2.14. The lowest BCUT2D eigenvalue weighted by Gasteiger charge is -2.14. The number of fused-ring (bicyclic) bond motifs is 1. The summed E-state index contributed by atoms with van der Waals surface area (Å²) in [5.41, 5.74) is 2.16. The van der Waals surface area contributed by atoms with Gasteiger partial charge in [0.25, 0.3) is 11.8 Å². The minimum Gasteiger partial charge on any atom is -0.480 e. The van der Waals surface area contributed by atoms with Gasteiger partial charge in [-0.15, -0.1) is 12.4 Å². The van der Waals surface area contributed by atoms with Crippen LogP contribution in [0.5, 0.6) is 5.75 Å². The van der Waals surface area contributed by atoms with Gasteiger partial charge in [0.05, 0.1) is 0 Å². The van der Waals surface area contributed by atoms with Crippen molar-refractivity contribution in [2.45, 2.75) is 25.0 Å². The molecule has 6 nitrogen and oxygen atoms in total. The van der Waals surface area contributed by atoms with Crippen LogP contribution >= 0.6 is 12.4 Å². The molecule has 2 aromatic carbocycles. The van der Waals surface area contributed by atoms with Crippen LogP contribution in [0, 0.1) is 0 Å². The van der Waals surface area contributed by atoms with Gasteiger partial charge in [0, 0.05) is 30.3 Å². The highest BCUT2D eigenvalue weighted by Crippen LogP contribution is 2.28. The number of nitrogens with one attached hydrogen (secondary N) is 3. The number of carbonyl (C=O) groups excluding carboxylic acids is 2. The summed E-state index contributed by atoms with van der Waals surface area (Å²) in [4.78, 5) is 24.9. The molecule has 1 saturated heterocycles. The molecule has 2 atom stereocenters. The van der Waals surface area contributed by atoms with Gasteiger partial charge in [-0.3, -0.25) is 9.59 Å². The summed E-state index contributed by atoms with van der Waals surface area (Å²) in [5, 5.41) is 9.07. The largest absolute Gasteiger partial charge is 0.480 e. The number of rotatable bonds is 4. The Morgan fingerprint density at radius 2 is 1.96 bits per heavy atom. The molecule has 0 aliphatic carbocycles. The smallest absolute Gasteiger partial charge is 0.265 e. The first-order chi connectivity index (χ1) is 12.7. The van der Waals surface area contributed by atoms with Gasteiger partial charge in [0.2, 0.25) is 0 Å². The zero-order chi connectivity index (χ0) is 17.9. The maximum Gasteiger partial charge on any atom is 0.265 e. The van der Waals surface area contributed by atoms with Gasteiger partial charge in [-0.1, -0.05) is 24.3 Å². The van der Waals surface area contributed by atoms with Crippen LogP contribution in [-0.2, 0) is 11.2 Å². The summed E-state index contributed by atoms with van der Waals surface area (Å²) in [5.74, 6) is 0.420. The first-order valence-electron chi connectivity index (χ1n) is 8.86. The van der Waals surface area contributed by atoms with E-state index in [2.05, 4.69) is 16.0 Å². The fourth-order valence-electron chi connectivity index (χ4n) is 3.34. The van der Waals surface area contributed by atoms with Gasteiger partial charge in [0.1, 0.15) is 5.75 Å². The quantitative estimate of drug-likeness (QED) is 0.751. The van der Waals surface area contributed by atoms with E-state index in [0.717, 1.165) is 30.8 Å². The number of ether oxygens (including phenoxy) is 1. The molecule has 0 saturated carbocycles. The second-order valence-electron chi connectivity index (χ2n) is 6.65. The molecule has 0 bridgehead atoms. The fraction of sp³-hybridized carbons (Fsp3) is 0.300. The van der Waals surface area contributed by atoms with Gasteiger partial charge < -0.3 is 20.7 Å². The van der Waals surface area contributed by atoms with Gasteiger partial charge in [-0.25, -0.2) is 0 Å². The number of hydrogen-bond donors (Lipinski definition) is 3. The Morgan fingerprint density at radius 1 is 1.11 bits per heavy atom. The molecule has 2 amide bonds. The normalized spacial score (nSPS) is 20.1. The SMILES string of the molecule is Cl.O=C(NC1CCNC1)c1cccc(NC(=O)C2Cc3ccccc3O2)c1. The highest BCUT2D eigenvalue weighted by atomic mass is 35.5. The molecule has 3 N–H and O–H groups in total. The van der Waals surface area contributed by atoms with Crippen LogP contribution in [0.1, 0.15) is 22.3 Å². The highest BCUT2D eigenvalue weighted by molar-refractivity contribution is 5.98. The standard InChI is InChI=1S/C20H21N3O3.ClH/c24-19(23-16-8-9-21-12-16)14-5-3-6-15(10-14)22-20(25)18-11-13-4-1-2-7-17(13)26-18;/h1-7,10,16,18,21H,8-9,11-12H2,(H,22,25)(H,23,24);1H. The van der Waals surface area contributed by atoms with Crippen LogP contribution in [0.3, 0.4) is 0 Å². The third-order valence-corrected chi connectivity index (χ3v) is 4.73. The molecular formula is C20H22ClN3O3. The molecule has 2 unspecified atom stereocenters. The zero-order valence-corrected chi connectivity index (χ0v) is 15.6.